The smallest absolute Gasteiger partial charge is 0.125 e. The molecule has 0 bridgehead atoms. The maximum absolute atomic E-state index is 6.06. The van der Waals surface area contributed by atoms with Crippen LogP contribution in [0.1, 0.15) is 29.5 Å². The van der Waals surface area contributed by atoms with Crippen LogP contribution in [-0.4, -0.2) is 14.2 Å². The second kappa shape index (κ2) is 6.08. The lowest BCUT2D eigenvalue weighted by atomic mass is 9.98. The topological polar surface area (TPSA) is 21.3 Å². The van der Waals surface area contributed by atoms with E-state index < -0.39 is 0 Å². The van der Waals surface area contributed by atoms with Gasteiger partial charge < -0.3 is 10.1 Å². The van der Waals surface area contributed by atoms with Gasteiger partial charge in [0.2, 0.25) is 0 Å². The monoisotopic (exact) mass is 301 g/mol. The lowest BCUT2D eigenvalue weighted by molar-refractivity contribution is 0.395. The second-order valence-electron chi connectivity index (χ2n) is 5.57. The van der Waals surface area contributed by atoms with E-state index in [0.29, 0.717) is 22.9 Å². The van der Waals surface area contributed by atoms with Gasteiger partial charge >= 0.3 is 0 Å². The fourth-order valence-electron chi connectivity index (χ4n) is 3.21. The molecule has 110 valence electrons. The van der Waals surface area contributed by atoms with Crippen LogP contribution in [0.2, 0.25) is 5.02 Å². The van der Waals surface area contributed by atoms with Gasteiger partial charge in [0.05, 0.1) is 7.11 Å². The van der Waals surface area contributed by atoms with E-state index >= 15 is 0 Å². The average Bonchev–Trinajstić information content (AvgIpc) is 3.30. The van der Waals surface area contributed by atoms with Crippen LogP contribution >= 0.6 is 11.6 Å². The minimum Gasteiger partial charge on any atom is -0.496 e. The second-order valence-corrected chi connectivity index (χ2v) is 6.01. The predicted octanol–water partition coefficient (Wildman–Crippen LogP) is 4.41. The largest absolute Gasteiger partial charge is 0.496 e. The molecule has 3 unspecified atom stereocenters. The quantitative estimate of drug-likeness (QED) is 0.883. The van der Waals surface area contributed by atoms with Gasteiger partial charge in [-0.2, -0.15) is 0 Å². The van der Waals surface area contributed by atoms with Crippen molar-refractivity contribution in [1.82, 2.24) is 5.32 Å². The van der Waals surface area contributed by atoms with Crippen molar-refractivity contribution in [2.45, 2.75) is 18.4 Å². The van der Waals surface area contributed by atoms with Crippen molar-refractivity contribution in [2.75, 3.05) is 14.2 Å². The highest BCUT2D eigenvalue weighted by Gasteiger charge is 2.44. The molecule has 0 spiro atoms. The van der Waals surface area contributed by atoms with E-state index in [4.69, 9.17) is 16.3 Å². The summed E-state index contributed by atoms with van der Waals surface area (Å²) in [4.78, 5) is 0. The summed E-state index contributed by atoms with van der Waals surface area (Å²) in [6, 6.07) is 16.9. The molecular weight excluding hydrogens is 282 g/mol. The molecular formula is C18H20ClNO. The number of ether oxygens (including phenoxy) is 1. The lowest BCUT2D eigenvalue weighted by Gasteiger charge is -2.20. The Hall–Kier alpha value is -1.51. The van der Waals surface area contributed by atoms with Crippen LogP contribution in [-0.2, 0) is 0 Å². The molecule has 0 heterocycles. The number of methoxy groups -OCH3 is 1. The zero-order valence-electron chi connectivity index (χ0n) is 12.3. The van der Waals surface area contributed by atoms with Crippen molar-refractivity contribution in [3.63, 3.8) is 0 Å². The Morgan fingerprint density at radius 1 is 1.19 bits per heavy atom. The van der Waals surface area contributed by atoms with E-state index in [9.17, 15) is 0 Å². The number of benzene rings is 2. The summed E-state index contributed by atoms with van der Waals surface area (Å²) >= 11 is 6.06. The summed E-state index contributed by atoms with van der Waals surface area (Å²) in [5, 5.41) is 4.16. The van der Waals surface area contributed by atoms with Gasteiger partial charge in [-0.05, 0) is 43.0 Å². The molecule has 1 saturated carbocycles. The summed E-state index contributed by atoms with van der Waals surface area (Å²) in [6.07, 6.45) is 1.21. The van der Waals surface area contributed by atoms with Crippen molar-refractivity contribution in [3.05, 3.63) is 64.7 Å². The molecule has 0 aliphatic heterocycles. The maximum atomic E-state index is 6.06. The summed E-state index contributed by atoms with van der Waals surface area (Å²) in [7, 11) is 3.71. The van der Waals surface area contributed by atoms with Crippen molar-refractivity contribution >= 4 is 11.6 Å². The van der Waals surface area contributed by atoms with E-state index in [0.717, 1.165) is 5.75 Å². The molecule has 3 rings (SSSR count). The normalized spacial score (nSPS) is 21.9. The summed E-state index contributed by atoms with van der Waals surface area (Å²) in [5.74, 6) is 2.09. The molecule has 1 N–H and O–H groups in total. The van der Waals surface area contributed by atoms with Crippen LogP contribution < -0.4 is 10.1 Å². The molecule has 0 amide bonds. The third kappa shape index (κ3) is 2.92. The molecule has 3 atom stereocenters. The van der Waals surface area contributed by atoms with Crippen LogP contribution in [0.25, 0.3) is 0 Å². The third-order valence-corrected chi connectivity index (χ3v) is 4.57. The molecule has 2 aromatic rings. The first-order valence-electron chi connectivity index (χ1n) is 7.30. The molecule has 1 fully saturated rings. The fraction of sp³-hybridized carbons (Fsp3) is 0.333. The van der Waals surface area contributed by atoms with Crippen molar-refractivity contribution in [2.24, 2.45) is 5.92 Å². The number of halogens is 1. The Morgan fingerprint density at radius 3 is 2.62 bits per heavy atom. The Labute approximate surface area is 131 Å². The Balaban J connectivity index is 1.84. The van der Waals surface area contributed by atoms with E-state index in [-0.39, 0.29) is 0 Å². The molecule has 2 nitrogen and oxygen atoms in total. The van der Waals surface area contributed by atoms with E-state index in [1.165, 1.54) is 17.5 Å². The summed E-state index contributed by atoms with van der Waals surface area (Å²) in [6.45, 7) is 0. The first-order chi connectivity index (χ1) is 10.2. The van der Waals surface area contributed by atoms with Crippen molar-refractivity contribution in [1.29, 1.82) is 0 Å². The lowest BCUT2D eigenvalue weighted by Crippen LogP contribution is -2.19. The van der Waals surface area contributed by atoms with Gasteiger partial charge in [0.25, 0.3) is 0 Å². The van der Waals surface area contributed by atoms with Gasteiger partial charge in [-0.25, -0.2) is 0 Å². The Morgan fingerprint density at radius 2 is 1.95 bits per heavy atom. The van der Waals surface area contributed by atoms with Crippen LogP contribution in [0, 0.1) is 5.92 Å². The molecule has 0 aromatic heterocycles. The van der Waals surface area contributed by atoms with Gasteiger partial charge in [0.15, 0.2) is 0 Å². The van der Waals surface area contributed by atoms with Gasteiger partial charge in [0, 0.05) is 16.6 Å². The highest BCUT2D eigenvalue weighted by molar-refractivity contribution is 6.30. The molecule has 1 aliphatic carbocycles. The van der Waals surface area contributed by atoms with Crippen LogP contribution in [0.15, 0.2) is 48.5 Å². The van der Waals surface area contributed by atoms with Crippen molar-refractivity contribution in [3.8, 4) is 5.75 Å². The van der Waals surface area contributed by atoms with Gasteiger partial charge in [0.1, 0.15) is 5.75 Å². The van der Waals surface area contributed by atoms with Crippen LogP contribution in [0.3, 0.4) is 0 Å². The summed E-state index contributed by atoms with van der Waals surface area (Å²) < 4.78 is 5.50. The predicted molar refractivity (Wildman–Crippen MR) is 87.1 cm³/mol. The maximum Gasteiger partial charge on any atom is 0.125 e. The van der Waals surface area contributed by atoms with Gasteiger partial charge in [-0.15, -0.1) is 0 Å². The van der Waals surface area contributed by atoms with E-state index in [1.54, 1.807) is 7.11 Å². The zero-order chi connectivity index (χ0) is 14.8. The molecule has 3 heteroatoms. The SMILES string of the molecule is CNC(c1ccc(Cl)cc1OC)C1CC1c1ccccc1. The average molecular weight is 302 g/mol. The number of rotatable bonds is 5. The van der Waals surface area contributed by atoms with Crippen LogP contribution in [0.5, 0.6) is 5.75 Å². The number of hydrogen-bond acceptors (Lipinski definition) is 2. The zero-order valence-corrected chi connectivity index (χ0v) is 13.1. The van der Waals surface area contributed by atoms with Gasteiger partial charge in [-0.1, -0.05) is 48.0 Å². The first-order valence-corrected chi connectivity index (χ1v) is 7.68. The molecule has 0 saturated heterocycles. The van der Waals surface area contributed by atoms with Crippen LogP contribution in [0.4, 0.5) is 0 Å². The third-order valence-electron chi connectivity index (χ3n) is 4.34. The molecule has 1 aliphatic rings. The highest BCUT2D eigenvalue weighted by Crippen LogP contribution is 2.55. The highest BCUT2D eigenvalue weighted by atomic mass is 35.5. The molecule has 0 radical (unpaired) electrons. The first kappa shape index (κ1) is 14.4. The minimum atomic E-state index is 0.294. The number of hydrogen-bond donors (Lipinski definition) is 1. The standard InChI is InChI=1S/C18H20ClNO/c1-20-18(14-9-8-13(19)10-17(14)21-2)16-11-15(16)12-6-4-3-5-7-12/h3-10,15-16,18,20H,11H2,1-2H3. The molecule has 21 heavy (non-hydrogen) atoms. The van der Waals surface area contributed by atoms with Crippen molar-refractivity contribution < 1.29 is 4.74 Å². The Kier molecular flexibility index (Phi) is 4.18. The van der Waals surface area contributed by atoms with Gasteiger partial charge in [-0.3, -0.25) is 0 Å². The van der Waals surface area contributed by atoms with E-state index in [2.05, 4.69) is 41.7 Å². The minimum absolute atomic E-state index is 0.294. The Bertz CT molecular complexity index is 614. The molecule has 2 aromatic carbocycles. The summed E-state index contributed by atoms with van der Waals surface area (Å²) in [5.41, 5.74) is 2.61. The fourth-order valence-corrected chi connectivity index (χ4v) is 3.37. The number of nitrogens with one attached hydrogen (secondary N) is 1. The van der Waals surface area contributed by atoms with E-state index in [1.807, 2.05) is 19.2 Å².